The van der Waals surface area contributed by atoms with E-state index in [1.807, 2.05) is 25.1 Å². The van der Waals surface area contributed by atoms with Crippen molar-refractivity contribution in [1.29, 1.82) is 0 Å². The number of nitrogens with zero attached hydrogens (tertiary/aromatic N) is 1. The number of rotatable bonds is 1. The smallest absolute Gasteiger partial charge is 0.0544 e. The van der Waals surface area contributed by atoms with E-state index in [0.29, 0.717) is 0 Å². The fourth-order valence-electron chi connectivity index (χ4n) is 1.01. The van der Waals surface area contributed by atoms with Crippen molar-refractivity contribution in [2.24, 2.45) is 5.84 Å². The lowest BCUT2D eigenvalue weighted by Gasteiger charge is -2.14. The first-order valence-electron chi connectivity index (χ1n) is 3.36. The van der Waals surface area contributed by atoms with Crippen molar-refractivity contribution >= 4 is 17.3 Å². The number of hydrogen-bond acceptors (Lipinski definition) is 2. The van der Waals surface area contributed by atoms with Crippen LogP contribution in [0.1, 0.15) is 5.56 Å². The molecule has 1 aromatic rings. The predicted octanol–water partition coefficient (Wildman–Crippen LogP) is 1.96. The largest absolute Gasteiger partial charge is 0.314 e. The minimum Gasteiger partial charge on any atom is -0.314 e. The first-order valence-corrected chi connectivity index (χ1v) is 3.73. The van der Waals surface area contributed by atoms with Crippen LogP contribution < -0.4 is 10.9 Å². The Bertz CT molecular complexity index is 258. The molecule has 3 heteroatoms. The van der Waals surface area contributed by atoms with Gasteiger partial charge >= 0.3 is 0 Å². The Morgan fingerprint density at radius 3 is 2.55 bits per heavy atom. The van der Waals surface area contributed by atoms with E-state index in [1.54, 1.807) is 12.1 Å². The van der Waals surface area contributed by atoms with Crippen LogP contribution in [0, 0.1) is 6.92 Å². The summed E-state index contributed by atoms with van der Waals surface area (Å²) in [5.74, 6) is 5.55. The second-order valence-corrected chi connectivity index (χ2v) is 2.98. The first-order chi connectivity index (χ1) is 5.11. The minimum atomic E-state index is 0.744. The van der Waals surface area contributed by atoms with Gasteiger partial charge in [-0.25, -0.2) is 5.84 Å². The second-order valence-electron chi connectivity index (χ2n) is 2.54. The molecule has 2 N–H and O–H groups in total. The van der Waals surface area contributed by atoms with E-state index < -0.39 is 0 Å². The zero-order valence-electron chi connectivity index (χ0n) is 6.63. The fourth-order valence-corrected chi connectivity index (χ4v) is 1.24. The van der Waals surface area contributed by atoms with Gasteiger partial charge in [-0.1, -0.05) is 11.6 Å². The number of anilines is 1. The van der Waals surface area contributed by atoms with Crippen LogP contribution >= 0.6 is 11.6 Å². The maximum Gasteiger partial charge on any atom is 0.0544 e. The SMILES string of the molecule is Cc1cc(Cl)ccc1N(C)N. The Labute approximate surface area is 71.5 Å². The fraction of sp³-hybridized carbons (Fsp3) is 0.250. The van der Waals surface area contributed by atoms with Crippen molar-refractivity contribution in [2.45, 2.75) is 6.92 Å². The van der Waals surface area contributed by atoms with Crippen molar-refractivity contribution in [3.05, 3.63) is 28.8 Å². The van der Waals surface area contributed by atoms with Gasteiger partial charge in [-0.15, -0.1) is 0 Å². The van der Waals surface area contributed by atoms with Gasteiger partial charge < -0.3 is 5.01 Å². The lowest BCUT2D eigenvalue weighted by molar-refractivity contribution is 1.01. The van der Waals surface area contributed by atoms with Gasteiger partial charge in [-0.3, -0.25) is 0 Å². The van der Waals surface area contributed by atoms with Crippen molar-refractivity contribution in [1.82, 2.24) is 0 Å². The highest BCUT2D eigenvalue weighted by Crippen LogP contribution is 2.20. The third kappa shape index (κ3) is 1.85. The van der Waals surface area contributed by atoms with Crippen LogP contribution in [-0.2, 0) is 0 Å². The molecule has 1 rings (SSSR count). The zero-order chi connectivity index (χ0) is 8.43. The summed E-state index contributed by atoms with van der Waals surface area (Å²) >= 11 is 5.76. The number of aryl methyl sites for hydroxylation is 1. The molecule has 1 aromatic carbocycles. The normalized spacial score (nSPS) is 9.82. The minimum absolute atomic E-state index is 0.744. The molecule has 0 aromatic heterocycles. The summed E-state index contributed by atoms with van der Waals surface area (Å²) < 4.78 is 0. The Kier molecular flexibility index (Phi) is 2.37. The summed E-state index contributed by atoms with van der Waals surface area (Å²) in [5, 5.41) is 2.32. The molecule has 0 aliphatic rings. The van der Waals surface area contributed by atoms with E-state index in [4.69, 9.17) is 17.4 Å². The maximum atomic E-state index is 5.76. The topological polar surface area (TPSA) is 29.3 Å². The number of hydrazine groups is 1. The number of benzene rings is 1. The van der Waals surface area contributed by atoms with E-state index in [9.17, 15) is 0 Å². The molecule has 11 heavy (non-hydrogen) atoms. The van der Waals surface area contributed by atoms with E-state index in [0.717, 1.165) is 16.3 Å². The molecule has 0 fully saturated rings. The highest BCUT2D eigenvalue weighted by atomic mass is 35.5. The lowest BCUT2D eigenvalue weighted by atomic mass is 10.2. The predicted molar refractivity (Wildman–Crippen MR) is 48.8 cm³/mol. The van der Waals surface area contributed by atoms with Gasteiger partial charge in [0.15, 0.2) is 0 Å². The van der Waals surface area contributed by atoms with E-state index in [1.165, 1.54) is 0 Å². The molecule has 0 radical (unpaired) electrons. The number of nitrogens with two attached hydrogens (primary N) is 1. The van der Waals surface area contributed by atoms with Gasteiger partial charge in [0.05, 0.1) is 5.69 Å². The van der Waals surface area contributed by atoms with Crippen LogP contribution in [0.15, 0.2) is 18.2 Å². The van der Waals surface area contributed by atoms with Crippen LogP contribution in [0.5, 0.6) is 0 Å². The van der Waals surface area contributed by atoms with E-state index in [-0.39, 0.29) is 0 Å². The molecule has 0 saturated heterocycles. The summed E-state index contributed by atoms with van der Waals surface area (Å²) in [4.78, 5) is 0. The van der Waals surface area contributed by atoms with Crippen LogP contribution in [-0.4, -0.2) is 7.05 Å². The average molecular weight is 171 g/mol. The summed E-state index contributed by atoms with van der Waals surface area (Å²) in [6, 6.07) is 5.62. The molecule has 0 saturated carbocycles. The third-order valence-electron chi connectivity index (χ3n) is 1.54. The Balaban J connectivity index is 3.09. The second kappa shape index (κ2) is 3.11. The highest BCUT2D eigenvalue weighted by molar-refractivity contribution is 6.30. The Morgan fingerprint density at radius 2 is 2.09 bits per heavy atom. The number of halogens is 1. The van der Waals surface area contributed by atoms with Crippen LogP contribution in [0.4, 0.5) is 5.69 Å². The summed E-state index contributed by atoms with van der Waals surface area (Å²) in [5.41, 5.74) is 2.08. The van der Waals surface area contributed by atoms with Crippen molar-refractivity contribution in [3.63, 3.8) is 0 Å². The van der Waals surface area contributed by atoms with Gasteiger partial charge in [0.25, 0.3) is 0 Å². The van der Waals surface area contributed by atoms with Gasteiger partial charge in [0, 0.05) is 12.1 Å². The molecule has 2 nitrogen and oxygen atoms in total. The molecule has 0 heterocycles. The quantitative estimate of drug-likeness (QED) is 0.516. The van der Waals surface area contributed by atoms with Crippen molar-refractivity contribution in [2.75, 3.05) is 12.1 Å². The molecule has 60 valence electrons. The average Bonchev–Trinajstić information content (AvgIpc) is 1.85. The van der Waals surface area contributed by atoms with Gasteiger partial charge in [0.1, 0.15) is 0 Å². The zero-order valence-corrected chi connectivity index (χ0v) is 7.39. The van der Waals surface area contributed by atoms with Crippen LogP contribution in [0.3, 0.4) is 0 Å². The molecule has 0 bridgehead atoms. The van der Waals surface area contributed by atoms with Crippen molar-refractivity contribution in [3.8, 4) is 0 Å². The van der Waals surface area contributed by atoms with E-state index in [2.05, 4.69) is 0 Å². The molecule has 0 aliphatic heterocycles. The Morgan fingerprint density at radius 1 is 1.45 bits per heavy atom. The molecule has 0 unspecified atom stereocenters. The highest BCUT2D eigenvalue weighted by Gasteiger charge is 1.99. The summed E-state index contributed by atoms with van der Waals surface area (Å²) in [6.45, 7) is 1.98. The molecular weight excluding hydrogens is 160 g/mol. The van der Waals surface area contributed by atoms with Gasteiger partial charge in [0.2, 0.25) is 0 Å². The van der Waals surface area contributed by atoms with Gasteiger partial charge in [-0.2, -0.15) is 0 Å². The molecule has 0 spiro atoms. The summed E-state index contributed by atoms with van der Waals surface area (Å²) in [7, 11) is 1.80. The first kappa shape index (κ1) is 8.37. The van der Waals surface area contributed by atoms with E-state index >= 15 is 0 Å². The molecule has 0 amide bonds. The number of hydrogen-bond donors (Lipinski definition) is 1. The molecule has 0 atom stereocenters. The Hall–Kier alpha value is -0.730. The van der Waals surface area contributed by atoms with Crippen LogP contribution in [0.2, 0.25) is 5.02 Å². The summed E-state index contributed by atoms with van der Waals surface area (Å²) in [6.07, 6.45) is 0. The molecular formula is C8H11ClN2. The van der Waals surface area contributed by atoms with Crippen molar-refractivity contribution < 1.29 is 0 Å². The third-order valence-corrected chi connectivity index (χ3v) is 1.77. The van der Waals surface area contributed by atoms with Gasteiger partial charge in [-0.05, 0) is 30.7 Å². The monoisotopic (exact) mass is 170 g/mol. The van der Waals surface area contributed by atoms with Crippen LogP contribution in [0.25, 0.3) is 0 Å². The lowest BCUT2D eigenvalue weighted by Crippen LogP contribution is -2.25. The molecule has 0 aliphatic carbocycles. The standard InChI is InChI=1S/C8H11ClN2/c1-6-5-7(9)3-4-8(6)11(2)10/h3-5H,10H2,1-2H3. The maximum absolute atomic E-state index is 5.76.